The molecule has 5 N–H and O–H groups in total. The zero-order valence-corrected chi connectivity index (χ0v) is 22.0. The summed E-state index contributed by atoms with van der Waals surface area (Å²) in [5, 5.41) is 13.7. The van der Waals surface area contributed by atoms with Crippen LogP contribution in [0.2, 0.25) is 0 Å². The van der Waals surface area contributed by atoms with E-state index in [0.717, 1.165) is 28.6 Å². The lowest BCUT2D eigenvalue weighted by molar-refractivity contribution is -0.451. The molecule has 3 rings (SSSR count). The molecular weight excluding hydrogens is 504 g/mol. The van der Waals surface area contributed by atoms with Gasteiger partial charge in [-0.25, -0.2) is 4.99 Å². The first kappa shape index (κ1) is 27.3. The van der Waals surface area contributed by atoms with Crippen molar-refractivity contribution in [2.24, 2.45) is 0 Å². The van der Waals surface area contributed by atoms with E-state index in [9.17, 15) is 31.0 Å². The van der Waals surface area contributed by atoms with Gasteiger partial charge < -0.3 is 10.4 Å². The van der Waals surface area contributed by atoms with Crippen LogP contribution in [-0.2, 0) is 20.2 Å². The summed E-state index contributed by atoms with van der Waals surface area (Å²) in [6.45, 7) is 9.05. The van der Waals surface area contributed by atoms with E-state index in [1.54, 1.807) is 12.1 Å². The van der Waals surface area contributed by atoms with Gasteiger partial charge in [-0.15, -0.1) is 0 Å². The number of allylic oxidation sites excluding steroid dienone is 5. The fraction of sp³-hybridized carbons (Fsp3) is 0.240. The van der Waals surface area contributed by atoms with Crippen molar-refractivity contribution in [3.63, 3.8) is 0 Å². The van der Waals surface area contributed by atoms with Gasteiger partial charge in [0.05, 0.1) is 0 Å². The molecule has 0 heterocycles. The summed E-state index contributed by atoms with van der Waals surface area (Å²) >= 11 is 0. The first-order valence-corrected chi connectivity index (χ1v) is 14.0. The van der Waals surface area contributed by atoms with Gasteiger partial charge in [0.1, 0.15) is 22.1 Å². The number of phenols is 1. The molecule has 0 saturated carbocycles. The Hall–Kier alpha value is -3.25. The minimum atomic E-state index is -4.98. The third kappa shape index (κ3) is 5.76. The molecule has 0 spiro atoms. The maximum atomic E-state index is 12.4. The maximum Gasteiger partial charge on any atom is 0.298 e. The van der Waals surface area contributed by atoms with Crippen molar-refractivity contribution in [1.82, 2.24) is 0 Å². The van der Waals surface area contributed by atoms with Crippen molar-refractivity contribution in [2.75, 3.05) is 18.4 Å². The summed E-state index contributed by atoms with van der Waals surface area (Å²) in [4.78, 5) is 1.43. The highest BCUT2D eigenvalue weighted by Gasteiger charge is 2.28. The van der Waals surface area contributed by atoms with Gasteiger partial charge in [-0.2, -0.15) is 16.8 Å². The Morgan fingerprint density at radius 1 is 0.944 bits per heavy atom. The Bertz CT molecular complexity index is 1550. The summed E-state index contributed by atoms with van der Waals surface area (Å²) in [6, 6.07) is 6.88. The zero-order valence-electron chi connectivity index (χ0n) is 20.3. The Balaban J connectivity index is 2.46. The second kappa shape index (κ2) is 10.4. The largest absolute Gasteiger partial charge is 0.506 e. The molecule has 1 aliphatic rings. The topological polar surface area (TPSA) is 155 Å². The van der Waals surface area contributed by atoms with Crippen molar-refractivity contribution in [2.45, 2.75) is 37.5 Å². The number of anilines is 1. The SMILES string of the molecule is CCNc1ccc(/C(=C2/C=CC(=[NH+]CC)C(C)=C2)c2cc(O)c(S(=O)(=O)O)cc2S(=O)(=O)O)cc1C. The van der Waals surface area contributed by atoms with E-state index < -0.39 is 35.8 Å². The van der Waals surface area contributed by atoms with Gasteiger partial charge in [0.2, 0.25) is 5.71 Å². The van der Waals surface area contributed by atoms with Crippen LogP contribution in [-0.4, -0.2) is 49.8 Å². The van der Waals surface area contributed by atoms with Gasteiger partial charge in [0.25, 0.3) is 20.2 Å². The second-order valence-corrected chi connectivity index (χ2v) is 11.0. The van der Waals surface area contributed by atoms with Crippen molar-refractivity contribution in [1.29, 1.82) is 0 Å². The van der Waals surface area contributed by atoms with E-state index in [-0.39, 0.29) is 5.56 Å². The van der Waals surface area contributed by atoms with Crippen LogP contribution in [0.1, 0.15) is 37.5 Å². The predicted molar refractivity (Wildman–Crippen MR) is 139 cm³/mol. The molecule has 192 valence electrons. The van der Waals surface area contributed by atoms with E-state index in [1.165, 1.54) is 0 Å². The Labute approximate surface area is 211 Å². The lowest BCUT2D eigenvalue weighted by Crippen LogP contribution is -2.72. The minimum absolute atomic E-state index is 0.131. The van der Waals surface area contributed by atoms with E-state index in [0.29, 0.717) is 35.9 Å². The van der Waals surface area contributed by atoms with Crippen molar-refractivity contribution in [3.05, 3.63) is 76.4 Å². The van der Waals surface area contributed by atoms with E-state index in [2.05, 4.69) is 10.3 Å². The van der Waals surface area contributed by atoms with Gasteiger partial charge in [-0.1, -0.05) is 6.07 Å². The summed E-state index contributed by atoms with van der Waals surface area (Å²) in [5.74, 6) is -0.862. The van der Waals surface area contributed by atoms with Crippen molar-refractivity contribution >= 4 is 37.2 Å². The summed E-state index contributed by atoms with van der Waals surface area (Å²) in [6.07, 6.45) is 5.41. The third-order valence-electron chi connectivity index (χ3n) is 5.65. The third-order valence-corrected chi connectivity index (χ3v) is 7.43. The Morgan fingerprint density at radius 3 is 2.14 bits per heavy atom. The molecule has 2 aromatic rings. The smallest absolute Gasteiger partial charge is 0.298 e. The molecule has 0 amide bonds. The Kier molecular flexibility index (Phi) is 7.89. The molecule has 0 bridgehead atoms. The number of phenolic OH excluding ortho intramolecular Hbond substituents is 1. The van der Waals surface area contributed by atoms with Gasteiger partial charge in [0, 0.05) is 29.4 Å². The lowest BCUT2D eigenvalue weighted by atomic mass is 9.88. The monoisotopic (exact) mass is 533 g/mol. The maximum absolute atomic E-state index is 12.4. The van der Waals surface area contributed by atoms with Crippen LogP contribution in [0, 0.1) is 6.92 Å². The molecule has 9 nitrogen and oxygen atoms in total. The number of aromatic hydroxyl groups is 1. The Morgan fingerprint density at radius 2 is 1.61 bits per heavy atom. The van der Waals surface area contributed by atoms with Crippen LogP contribution < -0.4 is 10.3 Å². The van der Waals surface area contributed by atoms with Crippen LogP contribution >= 0.6 is 0 Å². The predicted octanol–water partition coefficient (Wildman–Crippen LogP) is 2.49. The average Bonchev–Trinajstić information content (AvgIpc) is 2.76. The zero-order chi connectivity index (χ0) is 26.8. The van der Waals surface area contributed by atoms with Crippen LogP contribution in [0.3, 0.4) is 0 Å². The van der Waals surface area contributed by atoms with Crippen molar-refractivity contribution in [3.8, 4) is 5.75 Å². The molecule has 0 aliphatic heterocycles. The standard InChI is InChI=1S/C25H28N2O7S2/c1-5-26-20-9-7-17(11-15(20)3)25(18-8-10-21(27-6-2)16(4)12-18)19-13-22(28)24(36(32,33)34)14-23(19)35(29,30)31/h7-14,26,28H,5-6H2,1-4H3,(H,29,30,31)(H,32,33,34)/p+1/b25-18+,27-21?. The molecule has 0 radical (unpaired) electrons. The molecule has 1 aliphatic carbocycles. The molecule has 2 aromatic carbocycles. The number of benzene rings is 2. The van der Waals surface area contributed by atoms with Crippen LogP contribution in [0.15, 0.2) is 69.5 Å². The molecule has 0 fully saturated rings. The van der Waals surface area contributed by atoms with E-state index in [4.69, 9.17) is 0 Å². The highest BCUT2D eigenvalue weighted by atomic mass is 32.2. The lowest BCUT2D eigenvalue weighted by Gasteiger charge is -2.19. The molecular formula is C25H29N2O7S2+. The second-order valence-electron chi connectivity index (χ2n) is 8.26. The first-order chi connectivity index (χ1) is 16.8. The van der Waals surface area contributed by atoms with Crippen LogP contribution in [0.25, 0.3) is 5.57 Å². The average molecular weight is 534 g/mol. The first-order valence-electron chi connectivity index (χ1n) is 11.2. The van der Waals surface area contributed by atoms with Crippen molar-refractivity contribution < 1.29 is 36.0 Å². The molecule has 0 unspecified atom stereocenters. The van der Waals surface area contributed by atoms with E-state index >= 15 is 0 Å². The summed E-state index contributed by atoms with van der Waals surface area (Å²) in [5.41, 5.74) is 4.80. The number of hydrogen-bond donors (Lipinski definition) is 5. The number of hydrogen-bond acceptors (Lipinski definition) is 6. The van der Waals surface area contributed by atoms with E-state index in [1.807, 2.05) is 52.0 Å². The molecule has 0 atom stereocenters. The summed E-state index contributed by atoms with van der Waals surface area (Å²) < 4.78 is 67.7. The normalized spacial score (nSPS) is 16.7. The number of aryl methyl sites for hydroxylation is 1. The fourth-order valence-corrected chi connectivity index (χ4v) is 5.43. The van der Waals surface area contributed by atoms with Gasteiger partial charge in [0.15, 0.2) is 0 Å². The van der Waals surface area contributed by atoms with Crippen LogP contribution in [0.4, 0.5) is 5.69 Å². The quantitative estimate of drug-likeness (QED) is 0.340. The van der Waals surface area contributed by atoms with Gasteiger partial charge in [-0.3, -0.25) is 9.11 Å². The van der Waals surface area contributed by atoms with Gasteiger partial charge in [-0.05, 0) is 86.4 Å². The number of rotatable bonds is 7. The molecule has 0 aromatic heterocycles. The molecule has 36 heavy (non-hydrogen) atoms. The highest BCUT2D eigenvalue weighted by Crippen LogP contribution is 2.39. The summed E-state index contributed by atoms with van der Waals surface area (Å²) in [7, 11) is -9.96. The molecule has 0 saturated heterocycles. The van der Waals surface area contributed by atoms with Crippen LogP contribution in [0.5, 0.6) is 5.75 Å². The van der Waals surface area contributed by atoms with Gasteiger partial charge >= 0.3 is 0 Å². The number of nitrogens with one attached hydrogen (secondary N) is 2. The highest BCUT2D eigenvalue weighted by molar-refractivity contribution is 7.86. The minimum Gasteiger partial charge on any atom is -0.506 e. The fourth-order valence-electron chi connectivity index (χ4n) is 4.06. The molecule has 11 heteroatoms.